The number of nitrogens with zero attached hydrogens (tertiary/aromatic N) is 1. The topological polar surface area (TPSA) is 42.0 Å². The highest BCUT2D eigenvalue weighted by Crippen LogP contribution is 2.31. The number of hydrogen-bond acceptors (Lipinski definition) is 3. The Balaban J connectivity index is 1.58. The normalized spacial score (nSPS) is 10.8. The number of para-hydroxylation sites is 1. The van der Waals surface area contributed by atoms with E-state index >= 15 is 0 Å². The SMILES string of the molecule is Cc1nc(-c2ccccc2NC(=O)CC(c2ccccc2)c2ccccc2)cs1. The summed E-state index contributed by atoms with van der Waals surface area (Å²) in [7, 11) is 0. The van der Waals surface area contributed by atoms with Gasteiger partial charge in [0.1, 0.15) is 0 Å². The molecule has 4 aromatic rings. The minimum absolute atomic E-state index is 0.00563. The third-order valence-electron chi connectivity index (χ3n) is 4.89. The van der Waals surface area contributed by atoms with Gasteiger partial charge in [0.05, 0.1) is 16.4 Å². The van der Waals surface area contributed by atoms with Crippen molar-refractivity contribution in [2.45, 2.75) is 19.3 Å². The minimum Gasteiger partial charge on any atom is -0.325 e. The van der Waals surface area contributed by atoms with Crippen LogP contribution in [-0.4, -0.2) is 10.9 Å². The van der Waals surface area contributed by atoms with E-state index in [9.17, 15) is 4.79 Å². The first-order valence-electron chi connectivity index (χ1n) is 9.62. The monoisotopic (exact) mass is 398 g/mol. The Bertz CT molecular complexity index is 1050. The molecule has 0 saturated carbocycles. The molecule has 144 valence electrons. The van der Waals surface area contributed by atoms with E-state index < -0.39 is 0 Å². The summed E-state index contributed by atoms with van der Waals surface area (Å²) in [5.74, 6) is -0.00631. The average molecular weight is 399 g/mol. The van der Waals surface area contributed by atoms with Gasteiger partial charge in [0.25, 0.3) is 0 Å². The number of thiazole rings is 1. The smallest absolute Gasteiger partial charge is 0.225 e. The van der Waals surface area contributed by atoms with Gasteiger partial charge in [-0.1, -0.05) is 78.9 Å². The van der Waals surface area contributed by atoms with Crippen molar-refractivity contribution in [2.75, 3.05) is 5.32 Å². The summed E-state index contributed by atoms with van der Waals surface area (Å²) in [6.07, 6.45) is 0.373. The van der Waals surface area contributed by atoms with E-state index in [4.69, 9.17) is 0 Å². The van der Waals surface area contributed by atoms with E-state index in [-0.39, 0.29) is 11.8 Å². The summed E-state index contributed by atoms with van der Waals surface area (Å²) >= 11 is 1.61. The maximum Gasteiger partial charge on any atom is 0.225 e. The fourth-order valence-corrected chi connectivity index (χ4v) is 4.10. The van der Waals surface area contributed by atoms with E-state index in [1.54, 1.807) is 11.3 Å². The molecule has 3 nitrogen and oxygen atoms in total. The van der Waals surface area contributed by atoms with Crippen molar-refractivity contribution in [2.24, 2.45) is 0 Å². The van der Waals surface area contributed by atoms with Crippen LogP contribution in [0.4, 0.5) is 5.69 Å². The maximum atomic E-state index is 13.0. The van der Waals surface area contributed by atoms with Gasteiger partial charge in [0.15, 0.2) is 0 Å². The van der Waals surface area contributed by atoms with Crippen LogP contribution in [0.2, 0.25) is 0 Å². The standard InChI is InChI=1S/C25H22N2OS/c1-18-26-24(17-29-18)21-14-8-9-15-23(21)27-25(28)16-22(19-10-4-2-5-11-19)20-12-6-3-7-13-20/h2-15,17,22H,16H2,1H3,(H,27,28). The van der Waals surface area contributed by atoms with Crippen molar-refractivity contribution in [1.29, 1.82) is 0 Å². The molecule has 0 radical (unpaired) electrons. The summed E-state index contributed by atoms with van der Waals surface area (Å²) < 4.78 is 0. The van der Waals surface area contributed by atoms with Gasteiger partial charge in [-0.05, 0) is 24.1 Å². The number of nitrogens with one attached hydrogen (secondary N) is 1. The fourth-order valence-electron chi connectivity index (χ4n) is 3.49. The van der Waals surface area contributed by atoms with Gasteiger partial charge < -0.3 is 5.32 Å². The molecule has 4 rings (SSSR count). The molecular weight excluding hydrogens is 376 g/mol. The van der Waals surface area contributed by atoms with E-state index in [1.165, 1.54) is 0 Å². The number of amides is 1. The highest BCUT2D eigenvalue weighted by Gasteiger charge is 2.19. The van der Waals surface area contributed by atoms with Gasteiger partial charge in [-0.2, -0.15) is 0 Å². The van der Waals surface area contributed by atoms with Crippen LogP contribution >= 0.6 is 11.3 Å². The van der Waals surface area contributed by atoms with Crippen LogP contribution in [0.25, 0.3) is 11.3 Å². The maximum absolute atomic E-state index is 13.0. The molecule has 0 bridgehead atoms. The summed E-state index contributed by atoms with van der Waals surface area (Å²) in [5, 5.41) is 6.15. The summed E-state index contributed by atoms with van der Waals surface area (Å²) in [6, 6.07) is 28.2. The Morgan fingerprint density at radius 1 is 0.897 bits per heavy atom. The lowest BCUT2D eigenvalue weighted by molar-refractivity contribution is -0.116. The Morgan fingerprint density at radius 2 is 1.48 bits per heavy atom. The van der Waals surface area contributed by atoms with Gasteiger partial charge in [0, 0.05) is 23.3 Å². The summed E-state index contributed by atoms with van der Waals surface area (Å²) in [5.41, 5.74) is 4.91. The molecule has 1 N–H and O–H groups in total. The number of rotatable bonds is 6. The first-order chi connectivity index (χ1) is 14.2. The highest BCUT2D eigenvalue weighted by atomic mass is 32.1. The number of aromatic nitrogens is 1. The van der Waals surface area contributed by atoms with Crippen molar-refractivity contribution < 1.29 is 4.79 Å². The van der Waals surface area contributed by atoms with Crippen LogP contribution < -0.4 is 5.32 Å². The minimum atomic E-state index is -0.0119. The second-order valence-corrected chi connectivity index (χ2v) is 7.99. The molecule has 1 aromatic heterocycles. The average Bonchev–Trinajstić information content (AvgIpc) is 3.20. The third-order valence-corrected chi connectivity index (χ3v) is 5.66. The molecule has 3 aromatic carbocycles. The fraction of sp³-hybridized carbons (Fsp3) is 0.120. The Kier molecular flexibility index (Phi) is 5.82. The van der Waals surface area contributed by atoms with Crippen LogP contribution in [0.5, 0.6) is 0 Å². The summed E-state index contributed by atoms with van der Waals surface area (Å²) in [6.45, 7) is 1.99. The van der Waals surface area contributed by atoms with E-state index in [0.717, 1.165) is 33.1 Å². The van der Waals surface area contributed by atoms with Crippen LogP contribution in [0.1, 0.15) is 28.5 Å². The molecule has 0 aliphatic rings. The van der Waals surface area contributed by atoms with Crippen molar-refractivity contribution in [3.05, 3.63) is 106 Å². The zero-order valence-electron chi connectivity index (χ0n) is 16.2. The van der Waals surface area contributed by atoms with Crippen molar-refractivity contribution >= 4 is 22.9 Å². The largest absolute Gasteiger partial charge is 0.325 e. The quantitative estimate of drug-likeness (QED) is 0.415. The molecule has 4 heteroatoms. The highest BCUT2D eigenvalue weighted by molar-refractivity contribution is 7.09. The first-order valence-corrected chi connectivity index (χ1v) is 10.5. The Hall–Kier alpha value is -3.24. The number of aryl methyl sites for hydroxylation is 1. The van der Waals surface area contributed by atoms with E-state index in [0.29, 0.717) is 6.42 Å². The van der Waals surface area contributed by atoms with Crippen LogP contribution in [-0.2, 0) is 4.79 Å². The number of carbonyl (C=O) groups is 1. The van der Waals surface area contributed by atoms with Gasteiger partial charge in [-0.25, -0.2) is 4.98 Å². The van der Waals surface area contributed by atoms with Crippen molar-refractivity contribution in [3.8, 4) is 11.3 Å². The zero-order chi connectivity index (χ0) is 20.1. The lowest BCUT2D eigenvalue weighted by Gasteiger charge is -2.18. The van der Waals surface area contributed by atoms with Crippen LogP contribution in [0, 0.1) is 6.92 Å². The predicted octanol–water partition coefficient (Wildman–Crippen LogP) is 6.28. The Morgan fingerprint density at radius 3 is 2.07 bits per heavy atom. The van der Waals surface area contributed by atoms with Crippen LogP contribution in [0.3, 0.4) is 0 Å². The second kappa shape index (κ2) is 8.84. The van der Waals surface area contributed by atoms with Crippen molar-refractivity contribution in [3.63, 3.8) is 0 Å². The van der Waals surface area contributed by atoms with Gasteiger partial charge in [0.2, 0.25) is 5.91 Å². The predicted molar refractivity (Wildman–Crippen MR) is 120 cm³/mol. The van der Waals surface area contributed by atoms with Crippen molar-refractivity contribution in [1.82, 2.24) is 4.98 Å². The molecule has 1 heterocycles. The third kappa shape index (κ3) is 4.61. The van der Waals surface area contributed by atoms with Gasteiger partial charge >= 0.3 is 0 Å². The van der Waals surface area contributed by atoms with E-state index in [1.807, 2.05) is 73.0 Å². The molecule has 0 atom stereocenters. The number of benzene rings is 3. The summed E-state index contributed by atoms with van der Waals surface area (Å²) in [4.78, 5) is 17.6. The second-order valence-electron chi connectivity index (χ2n) is 6.92. The molecule has 29 heavy (non-hydrogen) atoms. The first kappa shape index (κ1) is 19.1. The molecule has 0 spiro atoms. The zero-order valence-corrected chi connectivity index (χ0v) is 17.0. The van der Waals surface area contributed by atoms with Gasteiger partial charge in [-0.3, -0.25) is 4.79 Å². The number of hydrogen-bond donors (Lipinski definition) is 1. The molecule has 0 fully saturated rings. The lowest BCUT2D eigenvalue weighted by atomic mass is 9.88. The number of carbonyl (C=O) groups excluding carboxylic acids is 1. The molecule has 0 saturated heterocycles. The molecule has 0 aliphatic carbocycles. The molecule has 0 unspecified atom stereocenters. The number of anilines is 1. The lowest BCUT2D eigenvalue weighted by Crippen LogP contribution is -2.17. The molecular formula is C25H22N2OS. The van der Waals surface area contributed by atoms with Crippen LogP contribution in [0.15, 0.2) is 90.3 Å². The molecule has 0 aliphatic heterocycles. The van der Waals surface area contributed by atoms with E-state index in [2.05, 4.69) is 34.6 Å². The Labute approximate surface area is 175 Å². The van der Waals surface area contributed by atoms with Gasteiger partial charge in [-0.15, -0.1) is 11.3 Å². The molecule has 1 amide bonds.